The van der Waals surface area contributed by atoms with Gasteiger partial charge in [-0.1, -0.05) is 18.0 Å². The van der Waals surface area contributed by atoms with E-state index in [1.165, 1.54) is 13.3 Å². The van der Waals surface area contributed by atoms with Crippen molar-refractivity contribution in [2.24, 2.45) is 11.8 Å². The summed E-state index contributed by atoms with van der Waals surface area (Å²) in [5.74, 6) is 0.242. The number of nitrogens with zero attached hydrogens (tertiary/aromatic N) is 3. The van der Waals surface area contributed by atoms with Crippen molar-refractivity contribution in [3.05, 3.63) is 11.2 Å². The Hall–Kier alpha value is -1.56. The van der Waals surface area contributed by atoms with Crippen LogP contribution in [0.15, 0.2) is 6.20 Å². The molecular formula is C13H16ClN3O3. The van der Waals surface area contributed by atoms with Gasteiger partial charge in [0.05, 0.1) is 13.3 Å². The second-order valence-corrected chi connectivity index (χ2v) is 5.73. The molecule has 2 fully saturated rings. The molecule has 0 aromatic carbocycles. The van der Waals surface area contributed by atoms with Crippen molar-refractivity contribution in [2.75, 3.05) is 18.6 Å². The average molecular weight is 298 g/mol. The van der Waals surface area contributed by atoms with Gasteiger partial charge in [-0.2, -0.15) is 4.98 Å². The molecule has 3 atom stereocenters. The summed E-state index contributed by atoms with van der Waals surface area (Å²) in [4.78, 5) is 21.6. The molecule has 1 aliphatic heterocycles. The Morgan fingerprint density at radius 2 is 2.35 bits per heavy atom. The highest BCUT2D eigenvalue weighted by atomic mass is 35.5. The zero-order chi connectivity index (χ0) is 14.3. The van der Waals surface area contributed by atoms with Crippen molar-refractivity contribution >= 4 is 23.4 Å². The number of aromatic nitrogens is 2. The van der Waals surface area contributed by atoms with Gasteiger partial charge in [0.25, 0.3) is 0 Å². The Kier molecular flexibility index (Phi) is 3.41. The summed E-state index contributed by atoms with van der Waals surface area (Å²) in [5.41, 5.74) is 0. The smallest absolute Gasteiger partial charge is 0.326 e. The fraction of sp³-hybridized carbons (Fsp3) is 0.615. The summed E-state index contributed by atoms with van der Waals surface area (Å²) >= 11 is 6.14. The molecule has 1 saturated heterocycles. The third kappa shape index (κ3) is 2.08. The minimum absolute atomic E-state index is 0.185. The Balaban J connectivity index is 1.98. The van der Waals surface area contributed by atoms with Crippen LogP contribution < -0.4 is 9.64 Å². The number of halogens is 1. The van der Waals surface area contributed by atoms with Crippen LogP contribution >= 0.6 is 11.6 Å². The molecule has 1 aromatic heterocycles. The van der Waals surface area contributed by atoms with Crippen LogP contribution in [0.3, 0.4) is 0 Å². The van der Waals surface area contributed by atoms with E-state index in [9.17, 15) is 9.90 Å². The highest BCUT2D eigenvalue weighted by molar-refractivity contribution is 6.32. The number of hydrogen-bond donors (Lipinski definition) is 1. The second-order valence-electron chi connectivity index (χ2n) is 5.32. The van der Waals surface area contributed by atoms with E-state index in [2.05, 4.69) is 9.97 Å². The van der Waals surface area contributed by atoms with E-state index in [-0.39, 0.29) is 11.9 Å². The normalized spacial score (nSPS) is 28.5. The van der Waals surface area contributed by atoms with Gasteiger partial charge < -0.3 is 14.7 Å². The lowest BCUT2D eigenvalue weighted by Crippen LogP contribution is -2.40. The van der Waals surface area contributed by atoms with Crippen molar-refractivity contribution in [2.45, 2.75) is 25.3 Å². The van der Waals surface area contributed by atoms with Gasteiger partial charge in [0.15, 0.2) is 5.82 Å². The standard InChI is InChI=1S/C13H16ClN3O3/c1-20-13-15-5-9(14)11(16-13)17-6-7-3-2-4-8(7)10(17)12(18)19/h5,7-8,10H,2-4,6H2,1H3,(H,18,19). The number of fused-ring (bicyclic) bond motifs is 1. The molecule has 20 heavy (non-hydrogen) atoms. The number of anilines is 1. The van der Waals surface area contributed by atoms with E-state index in [4.69, 9.17) is 16.3 Å². The van der Waals surface area contributed by atoms with Crippen molar-refractivity contribution in [3.8, 4) is 6.01 Å². The molecule has 1 aliphatic carbocycles. The van der Waals surface area contributed by atoms with Gasteiger partial charge in [-0.15, -0.1) is 0 Å². The Labute approximate surface area is 121 Å². The molecule has 3 rings (SSSR count). The van der Waals surface area contributed by atoms with E-state index in [0.717, 1.165) is 19.3 Å². The van der Waals surface area contributed by atoms with Crippen LogP contribution in [0.25, 0.3) is 0 Å². The molecule has 2 heterocycles. The lowest BCUT2D eigenvalue weighted by molar-refractivity contribution is -0.139. The Bertz CT molecular complexity index is 540. The fourth-order valence-electron chi connectivity index (χ4n) is 3.48. The van der Waals surface area contributed by atoms with Crippen LogP contribution in [0, 0.1) is 11.8 Å². The van der Waals surface area contributed by atoms with Crippen LogP contribution in [0.4, 0.5) is 5.82 Å². The van der Waals surface area contributed by atoms with Crippen molar-refractivity contribution in [3.63, 3.8) is 0 Å². The van der Waals surface area contributed by atoms with Crippen LogP contribution in [0.5, 0.6) is 6.01 Å². The molecule has 2 aliphatic rings. The summed E-state index contributed by atoms with van der Waals surface area (Å²) in [6, 6.07) is -0.356. The average Bonchev–Trinajstić information content (AvgIpc) is 2.98. The molecule has 6 nitrogen and oxygen atoms in total. The quantitative estimate of drug-likeness (QED) is 0.917. The van der Waals surface area contributed by atoms with E-state index in [1.54, 1.807) is 4.90 Å². The number of ether oxygens (including phenoxy) is 1. The second kappa shape index (κ2) is 5.09. The number of carboxylic acid groups (broad SMARTS) is 1. The maximum Gasteiger partial charge on any atom is 0.326 e. The molecular weight excluding hydrogens is 282 g/mol. The lowest BCUT2D eigenvalue weighted by Gasteiger charge is -2.26. The summed E-state index contributed by atoms with van der Waals surface area (Å²) in [6.07, 6.45) is 4.59. The molecule has 0 amide bonds. The molecule has 0 bridgehead atoms. The summed E-state index contributed by atoms with van der Waals surface area (Å²) in [7, 11) is 1.47. The zero-order valence-electron chi connectivity index (χ0n) is 11.1. The number of methoxy groups -OCH3 is 1. The van der Waals surface area contributed by atoms with Crippen LogP contribution in [-0.4, -0.2) is 40.7 Å². The molecule has 0 spiro atoms. The van der Waals surface area contributed by atoms with E-state index < -0.39 is 12.0 Å². The van der Waals surface area contributed by atoms with Crippen molar-refractivity contribution in [1.82, 2.24) is 9.97 Å². The van der Waals surface area contributed by atoms with Gasteiger partial charge >= 0.3 is 12.0 Å². The van der Waals surface area contributed by atoms with Crippen molar-refractivity contribution in [1.29, 1.82) is 0 Å². The molecule has 1 saturated carbocycles. The maximum atomic E-state index is 11.6. The number of rotatable bonds is 3. The lowest BCUT2D eigenvalue weighted by atomic mass is 9.94. The first kappa shape index (κ1) is 13.4. The number of carboxylic acids is 1. The first-order valence-electron chi connectivity index (χ1n) is 6.67. The topological polar surface area (TPSA) is 75.5 Å². The maximum absolute atomic E-state index is 11.6. The molecule has 1 aromatic rings. The Morgan fingerprint density at radius 1 is 1.55 bits per heavy atom. The predicted octanol–water partition coefficient (Wildman–Crippen LogP) is 1.83. The van der Waals surface area contributed by atoms with E-state index in [1.807, 2.05) is 0 Å². The molecule has 108 valence electrons. The first-order chi connectivity index (χ1) is 9.61. The molecule has 3 unspecified atom stereocenters. The fourth-order valence-corrected chi connectivity index (χ4v) is 3.68. The predicted molar refractivity (Wildman–Crippen MR) is 73.2 cm³/mol. The highest BCUT2D eigenvalue weighted by Gasteiger charge is 2.48. The minimum atomic E-state index is -0.812. The number of aliphatic carboxylic acids is 1. The van der Waals surface area contributed by atoms with E-state index in [0.29, 0.717) is 23.3 Å². The molecule has 7 heteroatoms. The van der Waals surface area contributed by atoms with Gasteiger partial charge in [-0.25, -0.2) is 9.78 Å². The van der Waals surface area contributed by atoms with Gasteiger partial charge in [0, 0.05) is 6.54 Å². The number of carbonyl (C=O) groups is 1. The zero-order valence-corrected chi connectivity index (χ0v) is 11.9. The SMILES string of the molecule is COc1ncc(Cl)c(N2CC3CCCC3C2C(=O)O)n1. The van der Waals surface area contributed by atoms with E-state index >= 15 is 0 Å². The highest BCUT2D eigenvalue weighted by Crippen LogP contribution is 2.44. The summed E-state index contributed by atoms with van der Waals surface area (Å²) < 4.78 is 5.00. The van der Waals surface area contributed by atoms with Crippen LogP contribution in [0.2, 0.25) is 5.02 Å². The monoisotopic (exact) mass is 297 g/mol. The third-order valence-electron chi connectivity index (χ3n) is 4.30. The van der Waals surface area contributed by atoms with Gasteiger partial charge in [-0.05, 0) is 24.7 Å². The van der Waals surface area contributed by atoms with Crippen LogP contribution in [0.1, 0.15) is 19.3 Å². The van der Waals surface area contributed by atoms with Crippen LogP contribution in [-0.2, 0) is 4.79 Å². The first-order valence-corrected chi connectivity index (χ1v) is 7.05. The summed E-state index contributed by atoms with van der Waals surface area (Å²) in [6.45, 7) is 0.682. The third-order valence-corrected chi connectivity index (χ3v) is 4.57. The van der Waals surface area contributed by atoms with Gasteiger partial charge in [0.1, 0.15) is 11.1 Å². The largest absolute Gasteiger partial charge is 0.480 e. The summed E-state index contributed by atoms with van der Waals surface area (Å²) in [5, 5.41) is 9.91. The minimum Gasteiger partial charge on any atom is -0.480 e. The molecule has 0 radical (unpaired) electrons. The molecule has 1 N–H and O–H groups in total. The van der Waals surface area contributed by atoms with Crippen molar-refractivity contribution < 1.29 is 14.6 Å². The number of hydrogen-bond acceptors (Lipinski definition) is 5. The van der Waals surface area contributed by atoms with Gasteiger partial charge in [0.2, 0.25) is 0 Å². The Morgan fingerprint density at radius 3 is 3.05 bits per heavy atom. The van der Waals surface area contributed by atoms with Gasteiger partial charge in [-0.3, -0.25) is 0 Å².